The monoisotopic (exact) mass is 656 g/mol. The van der Waals surface area contributed by atoms with E-state index in [9.17, 15) is 24.1 Å². The summed E-state index contributed by atoms with van der Waals surface area (Å²) >= 11 is 0. The number of ether oxygens (including phenoxy) is 1. The lowest BCUT2D eigenvalue weighted by Gasteiger charge is -2.42. The van der Waals surface area contributed by atoms with Crippen LogP contribution in [0.3, 0.4) is 0 Å². The number of hydrogen-bond donors (Lipinski definition) is 3. The van der Waals surface area contributed by atoms with Gasteiger partial charge in [-0.25, -0.2) is 0 Å². The topological polar surface area (TPSA) is 131 Å². The zero-order valence-corrected chi connectivity index (χ0v) is 27.5. The molecule has 0 spiro atoms. The molecule has 3 atom stereocenters. The molecule has 1 unspecified atom stereocenters. The molecular weight excluding hydrogens is 615 g/mol. The smallest absolute Gasteiger partial charge is 0.305 e. The summed E-state index contributed by atoms with van der Waals surface area (Å²) in [5, 5.41) is 18.7. The Labute approximate surface area is 275 Å². The van der Waals surface area contributed by atoms with Gasteiger partial charge in [-0.15, -0.1) is 0 Å². The standard InChI is InChI=1S/C37H41N2O7P/c1-26(2)35(39-37(22-11-12-23-45-37)31-21-13-15-27-14-9-10-20-30(27)31)36(43)38-32(24-34(41)42)33(40)25-46-47(44,28-16-5-3-6-17-28)29-18-7-4-8-19-29/h3-10,13-21,26,32,35,39H,11-12,22-25H2,1-2H3,(H,38,43)(H,41,42)/t32-,35-,37?/m0/s1. The third kappa shape index (κ3) is 7.88. The molecule has 5 rings (SSSR count). The summed E-state index contributed by atoms with van der Waals surface area (Å²) in [4.78, 5) is 39.4. The molecule has 0 aromatic heterocycles. The van der Waals surface area contributed by atoms with Gasteiger partial charge in [-0.2, -0.15) is 0 Å². The maximum absolute atomic E-state index is 14.3. The van der Waals surface area contributed by atoms with E-state index in [1.165, 1.54) is 0 Å². The van der Waals surface area contributed by atoms with E-state index in [1.54, 1.807) is 60.7 Å². The number of carbonyl (C=O) groups excluding carboxylic acids is 2. The normalized spacial score (nSPS) is 18.0. The fourth-order valence-electron chi connectivity index (χ4n) is 6.05. The lowest BCUT2D eigenvalue weighted by molar-refractivity contribution is -0.143. The fourth-order valence-corrected chi connectivity index (χ4v) is 8.08. The molecule has 0 bridgehead atoms. The first-order valence-electron chi connectivity index (χ1n) is 15.9. The molecule has 9 nitrogen and oxygen atoms in total. The second-order valence-corrected chi connectivity index (χ2v) is 14.5. The predicted molar refractivity (Wildman–Crippen MR) is 182 cm³/mol. The van der Waals surface area contributed by atoms with Gasteiger partial charge in [0.15, 0.2) is 5.78 Å². The molecule has 47 heavy (non-hydrogen) atoms. The number of fused-ring (bicyclic) bond motifs is 1. The van der Waals surface area contributed by atoms with E-state index >= 15 is 0 Å². The van der Waals surface area contributed by atoms with E-state index < -0.39 is 55.9 Å². The van der Waals surface area contributed by atoms with Crippen LogP contribution in [-0.4, -0.2) is 48.1 Å². The molecule has 4 aromatic carbocycles. The molecule has 1 aliphatic heterocycles. The van der Waals surface area contributed by atoms with Crippen LogP contribution in [0, 0.1) is 5.92 Å². The van der Waals surface area contributed by atoms with Crippen LogP contribution in [0.15, 0.2) is 103 Å². The van der Waals surface area contributed by atoms with Crippen LogP contribution < -0.4 is 21.2 Å². The van der Waals surface area contributed by atoms with E-state index in [4.69, 9.17) is 9.26 Å². The van der Waals surface area contributed by atoms with Crippen molar-refractivity contribution in [1.82, 2.24) is 10.6 Å². The van der Waals surface area contributed by atoms with Gasteiger partial charge in [0.2, 0.25) is 5.91 Å². The Kier molecular flexibility index (Phi) is 11.0. The van der Waals surface area contributed by atoms with Crippen molar-refractivity contribution >= 4 is 46.4 Å². The second kappa shape index (κ2) is 15.2. The molecule has 0 aliphatic carbocycles. The fraction of sp³-hybridized carbons (Fsp3) is 0.324. The number of carboxylic acids is 1. The van der Waals surface area contributed by atoms with E-state index in [2.05, 4.69) is 10.6 Å². The zero-order valence-electron chi connectivity index (χ0n) is 26.6. The number of amides is 1. The van der Waals surface area contributed by atoms with Crippen LogP contribution in [0.4, 0.5) is 0 Å². The van der Waals surface area contributed by atoms with Crippen molar-refractivity contribution in [2.45, 2.75) is 57.3 Å². The molecule has 1 saturated heterocycles. The molecule has 1 heterocycles. The first-order valence-corrected chi connectivity index (χ1v) is 17.6. The Morgan fingerprint density at radius 2 is 1.49 bits per heavy atom. The van der Waals surface area contributed by atoms with Crippen molar-refractivity contribution in [3.63, 3.8) is 0 Å². The highest BCUT2D eigenvalue weighted by atomic mass is 31.2. The lowest BCUT2D eigenvalue weighted by Crippen LogP contribution is -2.60. The average molecular weight is 657 g/mol. The van der Waals surface area contributed by atoms with Crippen molar-refractivity contribution in [3.05, 3.63) is 109 Å². The van der Waals surface area contributed by atoms with Gasteiger partial charge in [0.25, 0.3) is 7.37 Å². The summed E-state index contributed by atoms with van der Waals surface area (Å²) in [5.41, 5.74) is -0.0587. The van der Waals surface area contributed by atoms with Crippen LogP contribution in [0.1, 0.15) is 45.1 Å². The minimum atomic E-state index is -3.72. The van der Waals surface area contributed by atoms with Crippen LogP contribution in [-0.2, 0) is 33.9 Å². The minimum Gasteiger partial charge on any atom is -0.481 e. The zero-order chi connectivity index (χ0) is 33.4. The lowest BCUT2D eigenvalue weighted by atomic mass is 9.88. The number of nitrogens with one attached hydrogen (secondary N) is 2. The highest BCUT2D eigenvalue weighted by molar-refractivity contribution is 7.74. The Balaban J connectivity index is 1.39. The van der Waals surface area contributed by atoms with Gasteiger partial charge in [0, 0.05) is 22.8 Å². The summed E-state index contributed by atoms with van der Waals surface area (Å²) in [6, 6.07) is 28.8. The highest BCUT2D eigenvalue weighted by Gasteiger charge is 2.42. The molecule has 0 saturated carbocycles. The van der Waals surface area contributed by atoms with Gasteiger partial charge in [0.05, 0.1) is 12.5 Å². The highest BCUT2D eigenvalue weighted by Crippen LogP contribution is 2.44. The second-order valence-electron chi connectivity index (χ2n) is 12.1. The predicted octanol–water partition coefficient (Wildman–Crippen LogP) is 5.28. The van der Waals surface area contributed by atoms with Gasteiger partial charge in [-0.1, -0.05) is 92.7 Å². The molecule has 1 amide bonds. The quantitative estimate of drug-likeness (QED) is 0.156. The summed E-state index contributed by atoms with van der Waals surface area (Å²) in [6.07, 6.45) is 1.72. The average Bonchev–Trinajstić information content (AvgIpc) is 3.09. The first kappa shape index (κ1) is 34.2. The van der Waals surface area contributed by atoms with Crippen molar-refractivity contribution in [2.75, 3.05) is 13.2 Å². The Hall–Kier alpha value is -4.14. The van der Waals surface area contributed by atoms with Crippen molar-refractivity contribution in [1.29, 1.82) is 0 Å². The Morgan fingerprint density at radius 3 is 2.09 bits per heavy atom. The molecule has 246 valence electrons. The van der Waals surface area contributed by atoms with Crippen molar-refractivity contribution < 1.29 is 33.3 Å². The van der Waals surface area contributed by atoms with Gasteiger partial charge in [-0.05, 0) is 60.2 Å². The number of aliphatic carboxylic acids is 1. The van der Waals surface area contributed by atoms with Crippen LogP contribution >= 0.6 is 7.37 Å². The molecular formula is C37H41N2O7P. The van der Waals surface area contributed by atoms with E-state index in [0.717, 1.165) is 29.2 Å². The molecule has 1 aliphatic rings. The van der Waals surface area contributed by atoms with Crippen LogP contribution in [0.25, 0.3) is 10.8 Å². The summed E-state index contributed by atoms with van der Waals surface area (Å²) in [7, 11) is -3.72. The van der Waals surface area contributed by atoms with Gasteiger partial charge in [0.1, 0.15) is 18.4 Å². The number of carboxylic acid groups (broad SMARTS) is 1. The molecule has 0 radical (unpaired) electrons. The largest absolute Gasteiger partial charge is 0.481 e. The Morgan fingerprint density at radius 1 is 0.872 bits per heavy atom. The van der Waals surface area contributed by atoms with E-state index in [-0.39, 0.29) is 5.92 Å². The molecule has 3 N–H and O–H groups in total. The maximum Gasteiger partial charge on any atom is 0.305 e. The minimum absolute atomic E-state index is 0.249. The van der Waals surface area contributed by atoms with E-state index in [0.29, 0.717) is 23.6 Å². The first-order chi connectivity index (χ1) is 22.6. The summed E-state index contributed by atoms with van der Waals surface area (Å²) in [5.74, 6) is -2.76. The van der Waals surface area contributed by atoms with E-state index in [1.807, 2.05) is 56.3 Å². The summed E-state index contributed by atoms with van der Waals surface area (Å²) < 4.78 is 26.6. The van der Waals surface area contributed by atoms with Crippen molar-refractivity contribution in [3.8, 4) is 0 Å². The van der Waals surface area contributed by atoms with Crippen molar-refractivity contribution in [2.24, 2.45) is 5.92 Å². The number of hydrogen-bond acceptors (Lipinski definition) is 7. The Bertz CT molecular complexity index is 1690. The van der Waals surface area contributed by atoms with Gasteiger partial charge < -0.3 is 19.7 Å². The SMILES string of the molecule is CC(C)[C@H](NC1(c2cccc3ccccc23)CCCCO1)C(=O)N[C@@H](CC(=O)O)C(=O)COP(=O)(c1ccccc1)c1ccccc1. The van der Waals surface area contributed by atoms with Crippen LogP contribution in [0.2, 0.25) is 0 Å². The number of rotatable bonds is 14. The van der Waals surface area contributed by atoms with Crippen LogP contribution in [0.5, 0.6) is 0 Å². The third-order valence-corrected chi connectivity index (χ3v) is 10.9. The number of carbonyl (C=O) groups is 3. The summed E-state index contributed by atoms with van der Waals surface area (Å²) in [6.45, 7) is 3.60. The molecule has 4 aromatic rings. The molecule has 10 heteroatoms. The maximum atomic E-state index is 14.3. The number of ketones is 1. The molecule has 1 fully saturated rings. The number of benzene rings is 4. The number of Topliss-reactive ketones (excluding diaryl/α,β-unsaturated/α-hetero) is 1. The van der Waals surface area contributed by atoms with Gasteiger partial charge >= 0.3 is 5.97 Å². The van der Waals surface area contributed by atoms with Gasteiger partial charge in [-0.3, -0.25) is 24.3 Å². The third-order valence-electron chi connectivity index (χ3n) is 8.50.